The van der Waals surface area contributed by atoms with E-state index < -0.39 is 6.10 Å². The maximum Gasteiger partial charge on any atom is 0.340 e. The van der Waals surface area contributed by atoms with Crippen molar-refractivity contribution in [3.63, 3.8) is 0 Å². The van der Waals surface area contributed by atoms with Gasteiger partial charge in [-0.2, -0.15) is 5.10 Å². The van der Waals surface area contributed by atoms with Crippen LogP contribution in [0.1, 0.15) is 5.82 Å². The van der Waals surface area contributed by atoms with Crippen molar-refractivity contribution in [3.05, 3.63) is 40.6 Å². The van der Waals surface area contributed by atoms with Gasteiger partial charge in [0.1, 0.15) is 5.82 Å². The SMILES string of the molecule is CSc1ccccc1NCC(O)Cc1n[nH]c(=O)[nH]1. The summed E-state index contributed by atoms with van der Waals surface area (Å²) in [5, 5.41) is 19.1. The van der Waals surface area contributed by atoms with Crippen LogP contribution < -0.4 is 11.0 Å². The molecular formula is C12H16N4O2S. The standard InChI is InChI=1S/C12H16N4O2S/c1-19-10-5-3-2-4-9(10)13-7-8(17)6-11-14-12(18)16-15-11/h2-5,8,13,17H,6-7H2,1H3,(H2,14,15,16,18). The van der Waals surface area contributed by atoms with Gasteiger partial charge in [-0.15, -0.1) is 11.8 Å². The number of anilines is 1. The van der Waals surface area contributed by atoms with Crippen LogP contribution in [0.2, 0.25) is 0 Å². The Balaban J connectivity index is 1.89. The fourth-order valence-electron chi connectivity index (χ4n) is 1.72. The number of para-hydroxylation sites is 1. The van der Waals surface area contributed by atoms with Crippen LogP contribution in [-0.4, -0.2) is 39.2 Å². The Kier molecular flexibility index (Phi) is 4.64. The fourth-order valence-corrected chi connectivity index (χ4v) is 2.29. The van der Waals surface area contributed by atoms with Gasteiger partial charge >= 0.3 is 5.69 Å². The van der Waals surface area contributed by atoms with Gasteiger partial charge in [-0.25, -0.2) is 9.89 Å². The topological polar surface area (TPSA) is 93.8 Å². The molecular weight excluding hydrogens is 264 g/mol. The van der Waals surface area contributed by atoms with Crippen molar-refractivity contribution in [2.75, 3.05) is 18.1 Å². The summed E-state index contributed by atoms with van der Waals surface area (Å²) in [6, 6.07) is 7.90. The highest BCUT2D eigenvalue weighted by Crippen LogP contribution is 2.24. The number of benzene rings is 1. The van der Waals surface area contributed by atoms with Crippen molar-refractivity contribution >= 4 is 17.4 Å². The zero-order valence-electron chi connectivity index (χ0n) is 10.5. The van der Waals surface area contributed by atoms with Crippen molar-refractivity contribution in [1.29, 1.82) is 0 Å². The van der Waals surface area contributed by atoms with Crippen LogP contribution >= 0.6 is 11.8 Å². The zero-order chi connectivity index (χ0) is 13.7. The van der Waals surface area contributed by atoms with Crippen LogP contribution in [0, 0.1) is 0 Å². The van der Waals surface area contributed by atoms with Crippen LogP contribution in [0.15, 0.2) is 34.0 Å². The monoisotopic (exact) mass is 280 g/mol. The molecule has 0 bridgehead atoms. The Hall–Kier alpha value is -1.73. The third-order valence-electron chi connectivity index (χ3n) is 2.61. The number of rotatable bonds is 6. The highest BCUT2D eigenvalue weighted by Gasteiger charge is 2.09. The predicted octanol–water partition coefficient (Wildman–Crippen LogP) is 0.835. The normalized spacial score (nSPS) is 12.3. The maximum absolute atomic E-state index is 10.9. The van der Waals surface area contributed by atoms with Crippen LogP contribution in [-0.2, 0) is 6.42 Å². The summed E-state index contributed by atoms with van der Waals surface area (Å²) in [5.41, 5.74) is 0.632. The molecule has 1 heterocycles. The molecule has 1 aromatic heterocycles. The number of nitrogens with one attached hydrogen (secondary N) is 3. The van der Waals surface area contributed by atoms with Crippen molar-refractivity contribution in [2.24, 2.45) is 0 Å². The van der Waals surface area contributed by atoms with Gasteiger partial charge in [0, 0.05) is 23.5 Å². The lowest BCUT2D eigenvalue weighted by Crippen LogP contribution is -2.22. The second-order valence-electron chi connectivity index (χ2n) is 4.06. The van der Waals surface area contributed by atoms with Gasteiger partial charge in [-0.05, 0) is 18.4 Å². The summed E-state index contributed by atoms with van der Waals surface area (Å²) in [6.45, 7) is 0.395. The Morgan fingerprint density at radius 1 is 1.47 bits per heavy atom. The molecule has 0 aliphatic heterocycles. The first kappa shape index (κ1) is 13.7. The highest BCUT2D eigenvalue weighted by molar-refractivity contribution is 7.98. The molecule has 6 nitrogen and oxygen atoms in total. The molecule has 0 amide bonds. The van der Waals surface area contributed by atoms with Gasteiger partial charge in [0.05, 0.1) is 6.10 Å². The highest BCUT2D eigenvalue weighted by atomic mass is 32.2. The van der Waals surface area contributed by atoms with E-state index >= 15 is 0 Å². The summed E-state index contributed by atoms with van der Waals surface area (Å²) in [4.78, 5) is 14.5. The molecule has 1 atom stereocenters. The van der Waals surface area contributed by atoms with E-state index in [1.807, 2.05) is 30.5 Å². The molecule has 0 aliphatic rings. The number of nitrogens with zero attached hydrogens (tertiary/aromatic N) is 1. The molecule has 0 fully saturated rings. The number of aromatic amines is 2. The Bertz CT molecular complexity index is 581. The molecule has 1 aromatic carbocycles. The van der Waals surface area contributed by atoms with Gasteiger partial charge < -0.3 is 10.4 Å². The molecule has 4 N–H and O–H groups in total. The second kappa shape index (κ2) is 6.44. The number of aliphatic hydroxyl groups is 1. The summed E-state index contributed by atoms with van der Waals surface area (Å²) in [6.07, 6.45) is 1.69. The Morgan fingerprint density at radius 2 is 2.26 bits per heavy atom. The number of aliphatic hydroxyl groups excluding tert-OH is 1. The van der Waals surface area contributed by atoms with E-state index in [4.69, 9.17) is 0 Å². The predicted molar refractivity (Wildman–Crippen MR) is 75.6 cm³/mol. The summed E-state index contributed by atoms with van der Waals surface area (Å²) >= 11 is 1.65. The first-order valence-electron chi connectivity index (χ1n) is 5.87. The second-order valence-corrected chi connectivity index (χ2v) is 4.91. The first-order chi connectivity index (χ1) is 9.19. The van der Waals surface area contributed by atoms with E-state index in [1.54, 1.807) is 11.8 Å². The molecule has 0 spiro atoms. The number of H-pyrrole nitrogens is 2. The van der Waals surface area contributed by atoms with E-state index in [9.17, 15) is 9.90 Å². The van der Waals surface area contributed by atoms with Gasteiger partial charge in [-0.1, -0.05) is 12.1 Å². The molecule has 2 rings (SSSR count). The Morgan fingerprint density at radius 3 is 2.95 bits per heavy atom. The minimum atomic E-state index is -0.617. The van der Waals surface area contributed by atoms with Gasteiger partial charge in [-0.3, -0.25) is 4.98 Å². The number of hydrogen-bond donors (Lipinski definition) is 4. The molecule has 102 valence electrons. The lowest BCUT2D eigenvalue weighted by molar-refractivity contribution is 0.185. The van der Waals surface area contributed by atoms with Crippen LogP contribution in [0.25, 0.3) is 0 Å². The molecule has 2 aromatic rings. The van der Waals surface area contributed by atoms with E-state index in [-0.39, 0.29) is 5.69 Å². The van der Waals surface area contributed by atoms with Crippen LogP contribution in [0.4, 0.5) is 5.69 Å². The van der Waals surface area contributed by atoms with Crippen molar-refractivity contribution in [3.8, 4) is 0 Å². The molecule has 0 aliphatic carbocycles. The molecule has 1 unspecified atom stereocenters. The summed E-state index contributed by atoms with van der Waals surface area (Å²) < 4.78 is 0. The zero-order valence-corrected chi connectivity index (χ0v) is 11.3. The lowest BCUT2D eigenvalue weighted by Gasteiger charge is -2.13. The molecule has 0 radical (unpaired) electrons. The average molecular weight is 280 g/mol. The van der Waals surface area contributed by atoms with E-state index in [0.717, 1.165) is 10.6 Å². The third-order valence-corrected chi connectivity index (χ3v) is 3.41. The van der Waals surface area contributed by atoms with Crippen LogP contribution in [0.5, 0.6) is 0 Å². The lowest BCUT2D eigenvalue weighted by atomic mass is 10.2. The van der Waals surface area contributed by atoms with E-state index in [2.05, 4.69) is 20.5 Å². The number of aromatic nitrogens is 3. The number of thioether (sulfide) groups is 1. The maximum atomic E-state index is 10.9. The average Bonchev–Trinajstić information content (AvgIpc) is 2.82. The van der Waals surface area contributed by atoms with Crippen molar-refractivity contribution in [2.45, 2.75) is 17.4 Å². The van der Waals surface area contributed by atoms with Gasteiger partial charge in [0.15, 0.2) is 0 Å². The molecule has 7 heteroatoms. The van der Waals surface area contributed by atoms with Crippen molar-refractivity contribution < 1.29 is 5.11 Å². The largest absolute Gasteiger partial charge is 0.391 e. The van der Waals surface area contributed by atoms with Crippen molar-refractivity contribution in [1.82, 2.24) is 15.2 Å². The number of hydrogen-bond acceptors (Lipinski definition) is 5. The van der Waals surface area contributed by atoms with Gasteiger partial charge in [0.2, 0.25) is 0 Å². The Labute approximate surface area is 114 Å². The quantitative estimate of drug-likeness (QED) is 0.588. The summed E-state index contributed by atoms with van der Waals surface area (Å²) in [7, 11) is 0. The third kappa shape index (κ3) is 3.87. The molecule has 0 saturated carbocycles. The fraction of sp³-hybridized carbons (Fsp3) is 0.333. The smallest absolute Gasteiger partial charge is 0.340 e. The minimum absolute atomic E-state index is 0.299. The van der Waals surface area contributed by atoms with E-state index in [1.165, 1.54) is 0 Å². The van der Waals surface area contributed by atoms with Crippen LogP contribution in [0.3, 0.4) is 0 Å². The first-order valence-corrected chi connectivity index (χ1v) is 7.10. The van der Waals surface area contributed by atoms with Gasteiger partial charge in [0.25, 0.3) is 0 Å². The summed E-state index contributed by atoms with van der Waals surface area (Å²) in [5.74, 6) is 0.456. The van der Waals surface area contributed by atoms with E-state index in [0.29, 0.717) is 18.8 Å². The molecule has 0 saturated heterocycles. The molecule has 19 heavy (non-hydrogen) atoms. The minimum Gasteiger partial charge on any atom is -0.391 e.